The van der Waals surface area contributed by atoms with Gasteiger partial charge in [0, 0.05) is 19.5 Å². The highest BCUT2D eigenvalue weighted by atomic mass is 35.5. The molecule has 2 aromatic rings. The normalized spacial score (nSPS) is 15.4. The van der Waals surface area contributed by atoms with E-state index in [9.17, 15) is 4.79 Å². The molecule has 140 valence electrons. The van der Waals surface area contributed by atoms with Crippen molar-refractivity contribution in [3.8, 4) is 5.69 Å². The molecular formula is C19H26ClN5O. The Balaban J connectivity index is 1.81. The number of carbonyl (C=O) groups excluding carboxylic acids is 1. The Morgan fingerprint density at radius 3 is 2.69 bits per heavy atom. The summed E-state index contributed by atoms with van der Waals surface area (Å²) in [6.07, 6.45) is 3.70. The van der Waals surface area contributed by atoms with E-state index >= 15 is 0 Å². The molecule has 1 aliphatic heterocycles. The van der Waals surface area contributed by atoms with Crippen LogP contribution >= 0.6 is 11.6 Å². The molecule has 0 bridgehead atoms. The van der Waals surface area contributed by atoms with Gasteiger partial charge in [-0.3, -0.25) is 4.79 Å². The van der Waals surface area contributed by atoms with Gasteiger partial charge in [0.2, 0.25) is 5.82 Å². The average Bonchev–Trinajstić information content (AvgIpc) is 3.06. The van der Waals surface area contributed by atoms with Gasteiger partial charge in [-0.25, -0.2) is 9.67 Å². The Kier molecular flexibility index (Phi) is 6.27. The topological polar surface area (TPSA) is 63.1 Å². The van der Waals surface area contributed by atoms with E-state index in [1.54, 1.807) is 4.68 Å². The number of likely N-dealkylation sites (tertiary alicyclic amines) is 1. The summed E-state index contributed by atoms with van der Waals surface area (Å²) in [5.74, 6) is 1.58. The zero-order valence-electron chi connectivity index (χ0n) is 15.4. The predicted molar refractivity (Wildman–Crippen MR) is 103 cm³/mol. The first kappa shape index (κ1) is 18.9. The van der Waals surface area contributed by atoms with E-state index < -0.39 is 0 Å². The summed E-state index contributed by atoms with van der Waals surface area (Å²) < 4.78 is 1.72. The van der Waals surface area contributed by atoms with Gasteiger partial charge in [-0.05, 0) is 50.9 Å². The molecule has 0 aliphatic carbocycles. The van der Waals surface area contributed by atoms with E-state index in [0.717, 1.165) is 56.8 Å². The monoisotopic (exact) mass is 375 g/mol. The molecule has 7 heteroatoms. The molecule has 1 N–H and O–H groups in total. The third-order valence-corrected chi connectivity index (χ3v) is 5.13. The Bertz CT molecular complexity index is 752. The zero-order chi connectivity index (χ0) is 18.5. The number of hydrogen-bond acceptors (Lipinski definition) is 4. The van der Waals surface area contributed by atoms with Crippen LogP contribution in [0.3, 0.4) is 0 Å². The van der Waals surface area contributed by atoms with Crippen LogP contribution in [0.5, 0.6) is 0 Å². The van der Waals surface area contributed by atoms with Gasteiger partial charge in [-0.15, -0.1) is 5.10 Å². The summed E-state index contributed by atoms with van der Waals surface area (Å²) in [7, 11) is 1.97. The predicted octanol–water partition coefficient (Wildman–Crippen LogP) is 2.94. The number of halogens is 1. The molecule has 0 unspecified atom stereocenters. The minimum Gasteiger partial charge on any atom is -0.336 e. The van der Waals surface area contributed by atoms with Crippen LogP contribution < -0.4 is 5.32 Å². The van der Waals surface area contributed by atoms with Gasteiger partial charge in [0.25, 0.3) is 5.91 Å². The fraction of sp³-hybridized carbons (Fsp3) is 0.526. The molecule has 1 amide bonds. The van der Waals surface area contributed by atoms with Gasteiger partial charge in [0.1, 0.15) is 5.82 Å². The standard InChI is InChI=1S/C19H26ClN5O/c1-3-6-17-22-18(23-25(17)16-8-5-4-7-15(16)20)19(26)24-11-9-14(10-12-24)13-21-2/h4-5,7-8,14,21H,3,6,9-13H2,1-2H3. The Morgan fingerprint density at radius 1 is 1.31 bits per heavy atom. The molecule has 1 saturated heterocycles. The Morgan fingerprint density at radius 2 is 2.04 bits per heavy atom. The molecule has 0 saturated carbocycles. The third-order valence-electron chi connectivity index (χ3n) is 4.81. The zero-order valence-corrected chi connectivity index (χ0v) is 16.2. The highest BCUT2D eigenvalue weighted by molar-refractivity contribution is 6.32. The van der Waals surface area contributed by atoms with E-state index in [0.29, 0.717) is 10.9 Å². The molecule has 1 aliphatic rings. The van der Waals surface area contributed by atoms with Crippen molar-refractivity contribution in [2.45, 2.75) is 32.6 Å². The fourth-order valence-electron chi connectivity index (χ4n) is 3.41. The minimum absolute atomic E-state index is 0.0870. The lowest BCUT2D eigenvalue weighted by Crippen LogP contribution is -2.40. The molecule has 3 rings (SSSR count). The van der Waals surface area contributed by atoms with Crippen molar-refractivity contribution in [2.75, 3.05) is 26.7 Å². The van der Waals surface area contributed by atoms with Gasteiger partial charge in [0.05, 0.1) is 10.7 Å². The molecule has 1 aromatic carbocycles. The second kappa shape index (κ2) is 8.64. The molecule has 6 nitrogen and oxygen atoms in total. The molecule has 1 aromatic heterocycles. The maximum absolute atomic E-state index is 12.9. The second-order valence-corrected chi connectivity index (χ2v) is 7.17. The highest BCUT2D eigenvalue weighted by Gasteiger charge is 2.27. The average molecular weight is 376 g/mol. The number of nitrogens with one attached hydrogen (secondary N) is 1. The van der Waals surface area contributed by atoms with Crippen LogP contribution in [0.15, 0.2) is 24.3 Å². The van der Waals surface area contributed by atoms with Crippen LogP contribution in [-0.2, 0) is 6.42 Å². The molecule has 2 heterocycles. The van der Waals surface area contributed by atoms with Crippen molar-refractivity contribution in [2.24, 2.45) is 5.92 Å². The van der Waals surface area contributed by atoms with Gasteiger partial charge in [-0.1, -0.05) is 30.7 Å². The number of piperidine rings is 1. The summed E-state index contributed by atoms with van der Waals surface area (Å²) in [5, 5.41) is 8.32. The number of aryl methyl sites for hydroxylation is 1. The van der Waals surface area contributed by atoms with E-state index in [1.165, 1.54) is 0 Å². The van der Waals surface area contributed by atoms with Crippen LogP contribution in [0.25, 0.3) is 5.69 Å². The van der Waals surface area contributed by atoms with Gasteiger partial charge in [0.15, 0.2) is 0 Å². The highest BCUT2D eigenvalue weighted by Crippen LogP contribution is 2.22. The first-order valence-corrected chi connectivity index (χ1v) is 9.66. The van der Waals surface area contributed by atoms with Gasteiger partial charge < -0.3 is 10.2 Å². The maximum atomic E-state index is 12.9. The summed E-state index contributed by atoms with van der Waals surface area (Å²) in [4.78, 5) is 19.3. The van der Waals surface area contributed by atoms with Crippen molar-refractivity contribution < 1.29 is 4.79 Å². The van der Waals surface area contributed by atoms with Crippen LogP contribution in [-0.4, -0.2) is 52.3 Å². The number of nitrogens with zero attached hydrogens (tertiary/aromatic N) is 4. The van der Waals surface area contributed by atoms with Crippen LogP contribution in [0.4, 0.5) is 0 Å². The maximum Gasteiger partial charge on any atom is 0.293 e. The summed E-state index contributed by atoms with van der Waals surface area (Å²) in [6, 6.07) is 7.51. The molecule has 0 atom stereocenters. The number of para-hydroxylation sites is 1. The minimum atomic E-state index is -0.0870. The van der Waals surface area contributed by atoms with Crippen molar-refractivity contribution in [1.29, 1.82) is 0 Å². The lowest BCUT2D eigenvalue weighted by molar-refractivity contribution is 0.0678. The largest absolute Gasteiger partial charge is 0.336 e. The van der Waals surface area contributed by atoms with E-state index in [-0.39, 0.29) is 11.7 Å². The van der Waals surface area contributed by atoms with Crippen molar-refractivity contribution in [3.05, 3.63) is 40.9 Å². The fourth-order valence-corrected chi connectivity index (χ4v) is 3.62. The summed E-state index contributed by atoms with van der Waals surface area (Å²) >= 11 is 6.32. The molecule has 0 spiro atoms. The van der Waals surface area contributed by atoms with Crippen LogP contribution in [0.1, 0.15) is 42.6 Å². The number of benzene rings is 1. The van der Waals surface area contributed by atoms with Crippen molar-refractivity contribution in [1.82, 2.24) is 25.0 Å². The number of hydrogen-bond donors (Lipinski definition) is 1. The number of carbonyl (C=O) groups is 1. The van der Waals surface area contributed by atoms with E-state index in [4.69, 9.17) is 11.6 Å². The van der Waals surface area contributed by atoms with Gasteiger partial charge in [-0.2, -0.15) is 0 Å². The summed E-state index contributed by atoms with van der Waals surface area (Å²) in [6.45, 7) is 4.60. The SMILES string of the molecule is CCCc1nc(C(=O)N2CCC(CNC)CC2)nn1-c1ccccc1Cl. The van der Waals surface area contributed by atoms with Crippen LogP contribution in [0, 0.1) is 5.92 Å². The molecule has 1 fully saturated rings. The Labute approximate surface area is 159 Å². The first-order chi connectivity index (χ1) is 12.6. The van der Waals surface area contributed by atoms with E-state index in [1.807, 2.05) is 36.2 Å². The Hall–Kier alpha value is -1.92. The molecule has 0 radical (unpaired) electrons. The van der Waals surface area contributed by atoms with Gasteiger partial charge >= 0.3 is 0 Å². The second-order valence-electron chi connectivity index (χ2n) is 6.76. The molecular weight excluding hydrogens is 350 g/mol. The molecule has 26 heavy (non-hydrogen) atoms. The number of aromatic nitrogens is 3. The third kappa shape index (κ3) is 4.07. The lowest BCUT2D eigenvalue weighted by atomic mass is 9.97. The smallest absolute Gasteiger partial charge is 0.293 e. The summed E-state index contributed by atoms with van der Waals surface area (Å²) in [5.41, 5.74) is 0.761. The van der Waals surface area contributed by atoms with Crippen molar-refractivity contribution in [3.63, 3.8) is 0 Å². The lowest BCUT2D eigenvalue weighted by Gasteiger charge is -2.31. The number of amides is 1. The first-order valence-electron chi connectivity index (χ1n) is 9.28. The van der Waals surface area contributed by atoms with Crippen LogP contribution in [0.2, 0.25) is 5.02 Å². The number of rotatable bonds is 6. The van der Waals surface area contributed by atoms with E-state index in [2.05, 4.69) is 22.3 Å². The van der Waals surface area contributed by atoms with Crippen molar-refractivity contribution >= 4 is 17.5 Å². The quantitative estimate of drug-likeness (QED) is 0.843.